The van der Waals surface area contributed by atoms with Crippen molar-refractivity contribution in [1.29, 1.82) is 0 Å². The highest BCUT2D eigenvalue weighted by Crippen LogP contribution is 2.33. The monoisotopic (exact) mass is 411 g/mol. The van der Waals surface area contributed by atoms with Crippen molar-refractivity contribution in [3.05, 3.63) is 89.1 Å². The number of anilines is 1. The summed E-state index contributed by atoms with van der Waals surface area (Å²) in [6.07, 6.45) is 4.09. The zero-order valence-electron chi connectivity index (χ0n) is 18.0. The molecule has 156 valence electrons. The molecule has 3 heterocycles. The Morgan fingerprint density at radius 3 is 2.35 bits per heavy atom. The molecule has 0 unspecified atom stereocenters. The summed E-state index contributed by atoms with van der Waals surface area (Å²) in [5.41, 5.74) is 7.25. The topological polar surface area (TPSA) is 67.9 Å². The third-order valence-corrected chi connectivity index (χ3v) is 6.22. The minimum Gasteiger partial charge on any atom is -0.421 e. The van der Waals surface area contributed by atoms with Crippen molar-refractivity contribution < 1.29 is 4.42 Å². The van der Waals surface area contributed by atoms with Crippen LogP contribution in [0.2, 0.25) is 0 Å². The summed E-state index contributed by atoms with van der Waals surface area (Å²) < 4.78 is 5.25. The van der Waals surface area contributed by atoms with Crippen molar-refractivity contribution >= 4 is 5.69 Å². The van der Waals surface area contributed by atoms with Crippen LogP contribution in [0, 0.1) is 6.92 Å². The zero-order valence-corrected chi connectivity index (χ0v) is 18.0. The average Bonchev–Trinajstić information content (AvgIpc) is 3.34. The fourth-order valence-corrected chi connectivity index (χ4v) is 4.12. The quantitative estimate of drug-likeness (QED) is 0.484. The highest BCUT2D eigenvalue weighted by atomic mass is 16.4. The van der Waals surface area contributed by atoms with Gasteiger partial charge in [-0.2, -0.15) is 0 Å². The van der Waals surface area contributed by atoms with E-state index >= 15 is 0 Å². The van der Waals surface area contributed by atoms with Crippen LogP contribution in [0.3, 0.4) is 0 Å². The van der Waals surface area contributed by atoms with Crippen molar-refractivity contribution in [2.75, 3.05) is 11.4 Å². The van der Waals surface area contributed by atoms with Gasteiger partial charge < -0.3 is 9.32 Å². The molecule has 0 bridgehead atoms. The average molecular weight is 412 g/mol. The lowest BCUT2D eigenvalue weighted by Crippen LogP contribution is -2.31. The van der Waals surface area contributed by atoms with Gasteiger partial charge >= 0.3 is 0 Å². The molecule has 0 fully saturated rings. The van der Waals surface area contributed by atoms with E-state index in [4.69, 9.17) is 4.42 Å². The van der Waals surface area contributed by atoms with Gasteiger partial charge in [0.1, 0.15) is 0 Å². The van der Waals surface area contributed by atoms with Crippen molar-refractivity contribution in [3.63, 3.8) is 0 Å². The predicted molar refractivity (Wildman–Crippen MR) is 120 cm³/mol. The first-order valence-corrected chi connectivity index (χ1v) is 10.5. The maximum absolute atomic E-state index is 5.25. The number of fused-ring (bicyclic) bond motifs is 1. The molecule has 6 nitrogen and oxygen atoms in total. The standard InChI is InChI=1S/C25H25N5O/c1-17-4-6-19(7-5-17)25(2,3)20-8-10-21(11-9-20)30-13-12-18-14-26-23(28-22(18)15-30)24-29-27-16-31-24/h4-11,14,16H,12-13,15H2,1-3H3. The van der Waals surface area contributed by atoms with Crippen LogP contribution in [0.1, 0.15) is 41.8 Å². The van der Waals surface area contributed by atoms with Gasteiger partial charge in [-0.3, -0.25) is 0 Å². The first-order valence-electron chi connectivity index (χ1n) is 10.5. The van der Waals surface area contributed by atoms with E-state index in [1.807, 2.05) is 6.20 Å². The Kier molecular flexibility index (Phi) is 4.77. The van der Waals surface area contributed by atoms with E-state index < -0.39 is 0 Å². The van der Waals surface area contributed by atoms with Gasteiger partial charge in [0.25, 0.3) is 5.89 Å². The summed E-state index contributed by atoms with van der Waals surface area (Å²) in [5, 5.41) is 7.64. The van der Waals surface area contributed by atoms with Crippen LogP contribution in [0.5, 0.6) is 0 Å². The molecule has 2 aromatic carbocycles. The zero-order chi connectivity index (χ0) is 21.4. The molecule has 0 spiro atoms. The third-order valence-electron chi connectivity index (χ3n) is 6.22. The Morgan fingerprint density at radius 2 is 1.68 bits per heavy atom. The lowest BCUT2D eigenvalue weighted by atomic mass is 9.78. The highest BCUT2D eigenvalue weighted by molar-refractivity contribution is 5.52. The van der Waals surface area contributed by atoms with Crippen LogP contribution >= 0.6 is 0 Å². The Hall–Kier alpha value is -3.54. The Labute approximate surface area is 182 Å². The second-order valence-corrected chi connectivity index (χ2v) is 8.62. The normalized spacial score (nSPS) is 13.8. The summed E-state index contributed by atoms with van der Waals surface area (Å²) in [7, 11) is 0. The van der Waals surface area contributed by atoms with E-state index in [-0.39, 0.29) is 5.41 Å². The lowest BCUT2D eigenvalue weighted by Gasteiger charge is -2.31. The Bertz CT molecular complexity index is 1180. The molecule has 5 rings (SSSR count). The number of aromatic nitrogens is 4. The molecule has 1 aliphatic rings. The maximum atomic E-state index is 5.25. The summed E-state index contributed by atoms with van der Waals surface area (Å²) in [4.78, 5) is 11.4. The molecule has 0 aliphatic carbocycles. The smallest absolute Gasteiger partial charge is 0.285 e. The summed E-state index contributed by atoms with van der Waals surface area (Å²) >= 11 is 0. The second kappa shape index (κ2) is 7.61. The van der Waals surface area contributed by atoms with E-state index in [0.717, 1.165) is 25.2 Å². The molecule has 4 aromatic rings. The highest BCUT2D eigenvalue weighted by Gasteiger charge is 2.24. The first-order chi connectivity index (χ1) is 15.0. The van der Waals surface area contributed by atoms with Gasteiger partial charge in [-0.1, -0.05) is 55.8 Å². The van der Waals surface area contributed by atoms with Gasteiger partial charge in [0, 0.05) is 23.8 Å². The molecular weight excluding hydrogens is 386 g/mol. The number of benzene rings is 2. The fraction of sp³-hybridized carbons (Fsp3) is 0.280. The number of aryl methyl sites for hydroxylation is 1. The van der Waals surface area contributed by atoms with Crippen LogP contribution < -0.4 is 4.90 Å². The molecular formula is C25H25N5O. The number of rotatable bonds is 4. The van der Waals surface area contributed by atoms with E-state index in [1.54, 1.807) is 0 Å². The molecule has 0 N–H and O–H groups in total. The summed E-state index contributed by atoms with van der Waals surface area (Å²) in [6, 6.07) is 17.7. The van der Waals surface area contributed by atoms with Crippen LogP contribution in [0.4, 0.5) is 5.69 Å². The number of hydrogen-bond donors (Lipinski definition) is 0. The third kappa shape index (κ3) is 3.69. The molecule has 0 saturated carbocycles. The van der Waals surface area contributed by atoms with Gasteiger partial charge in [-0.25, -0.2) is 9.97 Å². The Balaban J connectivity index is 1.37. The van der Waals surface area contributed by atoms with E-state index in [1.165, 1.54) is 34.3 Å². The fourth-order valence-electron chi connectivity index (χ4n) is 4.12. The molecule has 31 heavy (non-hydrogen) atoms. The van der Waals surface area contributed by atoms with E-state index in [9.17, 15) is 0 Å². The van der Waals surface area contributed by atoms with Gasteiger partial charge in [0.05, 0.1) is 12.2 Å². The number of hydrogen-bond acceptors (Lipinski definition) is 6. The molecule has 0 atom stereocenters. The van der Waals surface area contributed by atoms with Crippen LogP contribution in [0.25, 0.3) is 11.7 Å². The minimum atomic E-state index is -0.0487. The van der Waals surface area contributed by atoms with Crippen molar-refractivity contribution in [2.45, 2.75) is 39.2 Å². The largest absolute Gasteiger partial charge is 0.421 e. The summed E-state index contributed by atoms with van der Waals surface area (Å²) in [6.45, 7) is 8.36. The van der Waals surface area contributed by atoms with Gasteiger partial charge in [0.15, 0.2) is 0 Å². The van der Waals surface area contributed by atoms with Crippen molar-refractivity contribution in [2.24, 2.45) is 0 Å². The summed E-state index contributed by atoms with van der Waals surface area (Å²) in [5.74, 6) is 0.830. The predicted octanol–water partition coefficient (Wildman–Crippen LogP) is 4.72. The lowest BCUT2D eigenvalue weighted by molar-refractivity contribution is 0.562. The van der Waals surface area contributed by atoms with Crippen LogP contribution in [-0.4, -0.2) is 26.7 Å². The van der Waals surface area contributed by atoms with Crippen molar-refractivity contribution in [3.8, 4) is 11.7 Å². The van der Waals surface area contributed by atoms with Gasteiger partial charge in [-0.05, 0) is 42.2 Å². The van der Waals surface area contributed by atoms with E-state index in [0.29, 0.717) is 11.7 Å². The molecule has 0 radical (unpaired) electrons. The van der Waals surface area contributed by atoms with Crippen molar-refractivity contribution in [1.82, 2.24) is 20.2 Å². The van der Waals surface area contributed by atoms with Gasteiger partial charge in [-0.15, -0.1) is 10.2 Å². The first kappa shape index (κ1) is 19.4. The molecule has 0 saturated heterocycles. The SMILES string of the molecule is Cc1ccc(C(C)(C)c2ccc(N3CCc4cnc(-c5nnco5)nc4C3)cc2)cc1. The van der Waals surface area contributed by atoms with E-state index in [2.05, 4.69) is 94.4 Å². The van der Waals surface area contributed by atoms with Crippen LogP contribution in [0.15, 0.2) is 65.5 Å². The van der Waals surface area contributed by atoms with Crippen LogP contribution in [-0.2, 0) is 18.4 Å². The second-order valence-electron chi connectivity index (χ2n) is 8.62. The molecule has 6 heteroatoms. The Morgan fingerprint density at radius 1 is 0.968 bits per heavy atom. The minimum absolute atomic E-state index is 0.0487. The number of nitrogens with zero attached hydrogens (tertiary/aromatic N) is 5. The van der Waals surface area contributed by atoms with Gasteiger partial charge in [0.2, 0.25) is 12.2 Å². The molecule has 1 aliphatic heterocycles. The maximum Gasteiger partial charge on any atom is 0.285 e. The molecule has 2 aromatic heterocycles. The molecule has 0 amide bonds.